The van der Waals surface area contributed by atoms with Crippen LogP contribution in [0, 0.1) is 17.1 Å². The first-order chi connectivity index (χ1) is 15.2. The molecule has 7 heteroatoms. The van der Waals surface area contributed by atoms with Gasteiger partial charge in [-0.15, -0.1) is 0 Å². The van der Waals surface area contributed by atoms with Crippen LogP contribution < -0.4 is 5.32 Å². The van der Waals surface area contributed by atoms with Gasteiger partial charge in [-0.3, -0.25) is 4.79 Å². The van der Waals surface area contributed by atoms with Crippen LogP contribution in [0.4, 0.5) is 4.39 Å². The van der Waals surface area contributed by atoms with Crippen LogP contribution in [-0.4, -0.2) is 16.0 Å². The van der Waals surface area contributed by atoms with Crippen LogP contribution in [0.2, 0.25) is 0 Å². The fraction of sp³-hybridized carbons (Fsp3) is 0.167. The second kappa shape index (κ2) is 7.65. The van der Waals surface area contributed by atoms with Gasteiger partial charge in [0.15, 0.2) is 0 Å². The maximum atomic E-state index is 14.4. The fourth-order valence-electron chi connectivity index (χ4n) is 3.64. The number of benzene rings is 2. The smallest absolute Gasteiger partial charge is 0.259 e. The monoisotopic (exact) mass is 412 g/mol. The summed E-state index contributed by atoms with van der Waals surface area (Å²) in [5.41, 5.74) is 2.32. The van der Waals surface area contributed by atoms with Gasteiger partial charge in [0.2, 0.25) is 0 Å². The molecule has 1 fully saturated rings. The van der Waals surface area contributed by atoms with Crippen molar-refractivity contribution in [2.45, 2.75) is 24.8 Å². The van der Waals surface area contributed by atoms with Crippen LogP contribution in [0.3, 0.4) is 0 Å². The summed E-state index contributed by atoms with van der Waals surface area (Å²) in [6.07, 6.45) is 1.92. The molecule has 2 aromatic carbocycles. The van der Waals surface area contributed by atoms with Crippen LogP contribution in [0.1, 0.15) is 46.4 Å². The molecule has 1 amide bonds. The van der Waals surface area contributed by atoms with E-state index in [1.54, 1.807) is 48.5 Å². The minimum atomic E-state index is -0.835. The van der Waals surface area contributed by atoms with Gasteiger partial charge in [-0.05, 0) is 36.6 Å². The quantitative estimate of drug-likeness (QED) is 0.503. The Morgan fingerprint density at radius 1 is 1.16 bits per heavy atom. The average molecular weight is 412 g/mol. The Morgan fingerprint density at radius 2 is 1.90 bits per heavy atom. The number of aromatic nitrogens is 2. The normalized spacial score (nSPS) is 14.2. The van der Waals surface area contributed by atoms with E-state index < -0.39 is 17.8 Å². The first kappa shape index (κ1) is 18.9. The molecular weight excluding hydrogens is 395 g/mol. The number of hydrogen-bond donors (Lipinski definition) is 1. The number of halogens is 1. The van der Waals surface area contributed by atoms with Gasteiger partial charge in [0.25, 0.3) is 11.6 Å². The molecule has 1 aliphatic carbocycles. The molecule has 1 N–H and O–H groups in total. The SMILES string of the molecule is N#CC(NC(=O)c1cc(-c2ccccc2F)nc2onc(C3CC3)c12)c1ccccc1. The van der Waals surface area contributed by atoms with E-state index in [0.29, 0.717) is 16.6 Å². The molecule has 1 unspecified atom stereocenters. The van der Waals surface area contributed by atoms with Crippen LogP contribution in [0.25, 0.3) is 22.4 Å². The molecule has 0 saturated heterocycles. The Balaban J connectivity index is 1.62. The minimum absolute atomic E-state index is 0.182. The fourth-order valence-corrected chi connectivity index (χ4v) is 3.64. The Bertz CT molecular complexity index is 1320. The molecule has 2 heterocycles. The molecule has 152 valence electrons. The van der Waals surface area contributed by atoms with E-state index >= 15 is 0 Å². The van der Waals surface area contributed by atoms with Crippen molar-refractivity contribution < 1.29 is 13.7 Å². The summed E-state index contributed by atoms with van der Waals surface area (Å²) >= 11 is 0. The van der Waals surface area contributed by atoms with Crippen LogP contribution in [0.15, 0.2) is 65.2 Å². The highest BCUT2D eigenvalue weighted by Crippen LogP contribution is 2.43. The maximum Gasteiger partial charge on any atom is 0.259 e. The molecule has 0 radical (unpaired) electrons. The van der Waals surface area contributed by atoms with Gasteiger partial charge in [0.05, 0.1) is 28.4 Å². The number of nitrogens with zero attached hydrogens (tertiary/aromatic N) is 3. The highest BCUT2D eigenvalue weighted by atomic mass is 19.1. The molecule has 6 nitrogen and oxygen atoms in total. The lowest BCUT2D eigenvalue weighted by Crippen LogP contribution is -2.28. The molecule has 5 rings (SSSR count). The molecule has 4 aromatic rings. The second-order valence-electron chi connectivity index (χ2n) is 7.50. The van der Waals surface area contributed by atoms with Crippen LogP contribution in [-0.2, 0) is 0 Å². The zero-order chi connectivity index (χ0) is 21.4. The third-order valence-electron chi connectivity index (χ3n) is 5.37. The van der Waals surface area contributed by atoms with E-state index in [2.05, 4.69) is 21.5 Å². The number of fused-ring (bicyclic) bond motifs is 1. The van der Waals surface area contributed by atoms with Crippen LogP contribution >= 0.6 is 0 Å². The van der Waals surface area contributed by atoms with E-state index in [9.17, 15) is 14.4 Å². The van der Waals surface area contributed by atoms with Crippen molar-refractivity contribution in [3.05, 3.63) is 83.3 Å². The summed E-state index contributed by atoms with van der Waals surface area (Å²) in [5.74, 6) is -0.706. The number of rotatable bonds is 5. The Labute approximate surface area is 177 Å². The van der Waals surface area contributed by atoms with Gasteiger partial charge < -0.3 is 9.84 Å². The molecule has 2 aromatic heterocycles. The van der Waals surface area contributed by atoms with Gasteiger partial charge in [-0.25, -0.2) is 9.37 Å². The minimum Gasteiger partial charge on any atom is -0.335 e. The number of hydrogen-bond acceptors (Lipinski definition) is 5. The predicted octanol–water partition coefficient (Wildman–Crippen LogP) is 4.90. The number of nitriles is 1. The van der Waals surface area contributed by atoms with E-state index in [1.807, 2.05) is 6.07 Å². The van der Waals surface area contributed by atoms with Crippen molar-refractivity contribution in [3.63, 3.8) is 0 Å². The molecule has 1 aliphatic rings. The van der Waals surface area contributed by atoms with E-state index in [1.165, 1.54) is 6.07 Å². The summed E-state index contributed by atoms with van der Waals surface area (Å²) in [6.45, 7) is 0. The molecule has 1 saturated carbocycles. The first-order valence-corrected chi connectivity index (χ1v) is 9.96. The molecule has 0 bridgehead atoms. The molecule has 0 spiro atoms. The number of carbonyl (C=O) groups is 1. The molecule has 0 aliphatic heterocycles. The van der Waals surface area contributed by atoms with Gasteiger partial charge >= 0.3 is 0 Å². The Kier molecular flexibility index (Phi) is 4.68. The third-order valence-corrected chi connectivity index (χ3v) is 5.37. The highest BCUT2D eigenvalue weighted by molar-refractivity contribution is 6.07. The van der Waals surface area contributed by atoms with E-state index in [-0.39, 0.29) is 28.5 Å². The van der Waals surface area contributed by atoms with Gasteiger partial charge in [0.1, 0.15) is 11.9 Å². The van der Waals surface area contributed by atoms with Crippen molar-refractivity contribution in [1.82, 2.24) is 15.5 Å². The van der Waals surface area contributed by atoms with Crippen molar-refractivity contribution in [2.75, 3.05) is 0 Å². The number of nitrogens with one attached hydrogen (secondary N) is 1. The maximum absolute atomic E-state index is 14.4. The average Bonchev–Trinajstić information content (AvgIpc) is 3.56. The van der Waals surface area contributed by atoms with Crippen molar-refractivity contribution >= 4 is 17.0 Å². The topological polar surface area (TPSA) is 91.8 Å². The first-order valence-electron chi connectivity index (χ1n) is 9.96. The van der Waals surface area contributed by atoms with Crippen LogP contribution in [0.5, 0.6) is 0 Å². The lowest BCUT2D eigenvalue weighted by molar-refractivity contribution is 0.0946. The second-order valence-corrected chi connectivity index (χ2v) is 7.50. The summed E-state index contributed by atoms with van der Waals surface area (Å²) < 4.78 is 19.8. The summed E-state index contributed by atoms with van der Waals surface area (Å²) in [5, 5.41) is 17.0. The summed E-state index contributed by atoms with van der Waals surface area (Å²) in [6, 6.07) is 18.0. The number of carbonyl (C=O) groups excluding carboxylic acids is 1. The van der Waals surface area contributed by atoms with Crippen molar-refractivity contribution in [2.24, 2.45) is 0 Å². The Morgan fingerprint density at radius 3 is 2.61 bits per heavy atom. The zero-order valence-electron chi connectivity index (χ0n) is 16.4. The van der Waals surface area contributed by atoms with Gasteiger partial charge in [0, 0.05) is 11.5 Å². The number of pyridine rings is 1. The lowest BCUT2D eigenvalue weighted by Gasteiger charge is -2.13. The predicted molar refractivity (Wildman–Crippen MR) is 111 cm³/mol. The highest BCUT2D eigenvalue weighted by Gasteiger charge is 2.32. The Hall–Kier alpha value is -4.05. The van der Waals surface area contributed by atoms with Crippen molar-refractivity contribution in [3.8, 4) is 17.3 Å². The summed E-state index contributed by atoms with van der Waals surface area (Å²) in [7, 11) is 0. The van der Waals surface area contributed by atoms with Gasteiger partial charge in [-0.2, -0.15) is 5.26 Å². The molecule has 1 atom stereocenters. The zero-order valence-corrected chi connectivity index (χ0v) is 16.4. The summed E-state index contributed by atoms with van der Waals surface area (Å²) in [4.78, 5) is 17.7. The van der Waals surface area contributed by atoms with Crippen molar-refractivity contribution in [1.29, 1.82) is 5.26 Å². The largest absolute Gasteiger partial charge is 0.335 e. The molecule has 31 heavy (non-hydrogen) atoms. The number of amides is 1. The standard InChI is InChI=1S/C24H17FN4O2/c25-18-9-5-4-8-16(18)19-12-17(21-22(15-10-11-15)29-31-24(21)28-19)23(30)27-20(13-26)14-6-2-1-3-7-14/h1-9,12,15,20H,10-11H2,(H,27,30). The van der Waals surface area contributed by atoms with E-state index in [4.69, 9.17) is 4.52 Å². The van der Waals surface area contributed by atoms with Gasteiger partial charge in [-0.1, -0.05) is 47.6 Å². The molecular formula is C24H17FN4O2. The lowest BCUT2D eigenvalue weighted by atomic mass is 10.0. The third kappa shape index (κ3) is 3.53. The van der Waals surface area contributed by atoms with E-state index in [0.717, 1.165) is 12.8 Å².